The molecule has 0 spiro atoms. The zero-order valence-corrected chi connectivity index (χ0v) is 18.6. The lowest BCUT2D eigenvalue weighted by atomic mass is 10.0. The Balaban J connectivity index is 1.54. The van der Waals surface area contributed by atoms with Gasteiger partial charge in [-0.25, -0.2) is 13.1 Å². The molecule has 0 saturated heterocycles. The number of anilines is 1. The van der Waals surface area contributed by atoms with E-state index in [1.807, 2.05) is 13.0 Å². The molecule has 2 aromatic carbocycles. The number of nitrogens with one attached hydrogen (secondary N) is 2. The fraction of sp³-hybridized carbons (Fsp3) is 0.217. The van der Waals surface area contributed by atoms with Gasteiger partial charge in [-0.05, 0) is 55.5 Å². The van der Waals surface area contributed by atoms with Gasteiger partial charge >= 0.3 is 0 Å². The number of hydrogen-bond acceptors (Lipinski definition) is 6. The third-order valence-electron chi connectivity index (χ3n) is 4.70. The maximum absolute atomic E-state index is 12.5. The number of aryl methyl sites for hydroxylation is 1. The SMILES string of the molecule is COc1ccc(C)cc1C(=O)CCC(=O)Nc1ccc(S(=O)(=O)NCc2ccco2)cc1. The predicted molar refractivity (Wildman–Crippen MR) is 119 cm³/mol. The molecule has 168 valence electrons. The highest BCUT2D eigenvalue weighted by Crippen LogP contribution is 2.22. The molecule has 0 aliphatic rings. The smallest absolute Gasteiger partial charge is 0.240 e. The van der Waals surface area contributed by atoms with Gasteiger partial charge in [0.15, 0.2) is 5.78 Å². The number of furan rings is 1. The van der Waals surface area contributed by atoms with Gasteiger partial charge in [-0.3, -0.25) is 9.59 Å². The first kappa shape index (κ1) is 23.2. The van der Waals surface area contributed by atoms with Crippen LogP contribution in [0.4, 0.5) is 5.69 Å². The van der Waals surface area contributed by atoms with Gasteiger partial charge in [0.1, 0.15) is 11.5 Å². The Kier molecular flexibility index (Phi) is 7.45. The van der Waals surface area contributed by atoms with Gasteiger partial charge < -0.3 is 14.5 Å². The van der Waals surface area contributed by atoms with Crippen LogP contribution in [-0.4, -0.2) is 27.2 Å². The number of carbonyl (C=O) groups excluding carboxylic acids is 2. The van der Waals surface area contributed by atoms with Gasteiger partial charge in [0.05, 0.1) is 30.4 Å². The summed E-state index contributed by atoms with van der Waals surface area (Å²) in [6.07, 6.45) is 1.47. The number of carbonyl (C=O) groups is 2. The molecular weight excluding hydrogens is 432 g/mol. The molecule has 0 atom stereocenters. The fourth-order valence-corrected chi connectivity index (χ4v) is 4.00. The van der Waals surface area contributed by atoms with Crippen LogP contribution in [0.25, 0.3) is 0 Å². The number of hydrogen-bond donors (Lipinski definition) is 2. The molecule has 1 heterocycles. The number of rotatable bonds is 10. The Hall–Kier alpha value is -3.43. The molecule has 0 aliphatic carbocycles. The topological polar surface area (TPSA) is 115 Å². The summed E-state index contributed by atoms with van der Waals surface area (Å²) in [6, 6.07) is 14.4. The summed E-state index contributed by atoms with van der Waals surface area (Å²) in [5.74, 6) is 0.426. The van der Waals surface area contributed by atoms with Gasteiger partial charge in [-0.2, -0.15) is 0 Å². The minimum atomic E-state index is -3.72. The van der Waals surface area contributed by atoms with Crippen molar-refractivity contribution >= 4 is 27.4 Å². The highest BCUT2D eigenvalue weighted by molar-refractivity contribution is 7.89. The molecular formula is C23H24N2O6S. The lowest BCUT2D eigenvalue weighted by Gasteiger charge is -2.10. The van der Waals surface area contributed by atoms with Crippen LogP contribution in [0.5, 0.6) is 5.75 Å². The second kappa shape index (κ2) is 10.3. The number of ketones is 1. The first-order valence-electron chi connectivity index (χ1n) is 9.88. The van der Waals surface area contributed by atoms with E-state index in [1.54, 1.807) is 24.3 Å². The summed E-state index contributed by atoms with van der Waals surface area (Å²) in [6.45, 7) is 1.91. The van der Waals surface area contributed by atoms with Gasteiger partial charge in [0.25, 0.3) is 0 Å². The first-order valence-corrected chi connectivity index (χ1v) is 11.4. The molecule has 8 nitrogen and oxygen atoms in total. The molecule has 1 amide bonds. The summed E-state index contributed by atoms with van der Waals surface area (Å²) in [7, 11) is -2.23. The standard InChI is InChI=1S/C23H24N2O6S/c1-16-5-11-22(30-2)20(14-16)21(26)10-12-23(27)25-17-6-8-19(9-7-17)32(28,29)24-15-18-4-3-13-31-18/h3-9,11,13-14,24H,10,12,15H2,1-2H3,(H,25,27). The number of Topliss-reactive ketones (excluding diaryl/α,β-unsaturated/α-hetero) is 1. The van der Waals surface area contributed by atoms with Gasteiger partial charge in [-0.1, -0.05) is 11.6 Å². The normalized spacial score (nSPS) is 11.2. The highest BCUT2D eigenvalue weighted by atomic mass is 32.2. The summed E-state index contributed by atoms with van der Waals surface area (Å²) in [5.41, 5.74) is 1.80. The Morgan fingerprint density at radius 2 is 1.78 bits per heavy atom. The second-order valence-electron chi connectivity index (χ2n) is 7.10. The zero-order chi connectivity index (χ0) is 23.1. The molecule has 3 rings (SSSR count). The molecule has 32 heavy (non-hydrogen) atoms. The number of benzene rings is 2. The molecule has 0 bridgehead atoms. The molecule has 1 aromatic heterocycles. The third kappa shape index (κ3) is 6.05. The number of ether oxygens (including phenoxy) is 1. The van der Waals surface area contributed by atoms with Crippen molar-refractivity contribution in [3.8, 4) is 5.75 Å². The largest absolute Gasteiger partial charge is 0.496 e. The van der Waals surface area contributed by atoms with E-state index < -0.39 is 10.0 Å². The zero-order valence-electron chi connectivity index (χ0n) is 17.8. The van der Waals surface area contributed by atoms with Crippen LogP contribution >= 0.6 is 0 Å². The number of methoxy groups -OCH3 is 1. The van der Waals surface area contributed by atoms with Crippen molar-refractivity contribution in [2.24, 2.45) is 0 Å². The van der Waals surface area contributed by atoms with Crippen LogP contribution in [0, 0.1) is 6.92 Å². The van der Waals surface area contributed by atoms with Crippen molar-refractivity contribution in [2.75, 3.05) is 12.4 Å². The van der Waals surface area contributed by atoms with E-state index in [-0.39, 0.29) is 36.0 Å². The van der Waals surface area contributed by atoms with Crippen LogP contribution in [0.1, 0.15) is 34.5 Å². The minimum Gasteiger partial charge on any atom is -0.496 e. The lowest BCUT2D eigenvalue weighted by Crippen LogP contribution is -2.23. The monoisotopic (exact) mass is 456 g/mol. The summed E-state index contributed by atoms with van der Waals surface area (Å²) in [5, 5.41) is 2.67. The molecule has 0 saturated carbocycles. The van der Waals surface area contributed by atoms with E-state index in [1.165, 1.54) is 37.6 Å². The summed E-state index contributed by atoms with van der Waals surface area (Å²) < 4.78 is 37.5. The first-order chi connectivity index (χ1) is 15.3. The van der Waals surface area contributed by atoms with Crippen molar-refractivity contribution in [1.29, 1.82) is 0 Å². The van der Waals surface area contributed by atoms with Crippen molar-refractivity contribution in [2.45, 2.75) is 31.2 Å². The molecule has 0 fully saturated rings. The summed E-state index contributed by atoms with van der Waals surface area (Å²) >= 11 is 0. The number of amides is 1. The van der Waals surface area contributed by atoms with Crippen molar-refractivity contribution in [1.82, 2.24) is 4.72 Å². The molecule has 0 aliphatic heterocycles. The fourth-order valence-electron chi connectivity index (χ4n) is 3.01. The number of sulfonamides is 1. The van der Waals surface area contributed by atoms with Gasteiger partial charge in [0, 0.05) is 18.5 Å². The van der Waals surface area contributed by atoms with E-state index in [9.17, 15) is 18.0 Å². The van der Waals surface area contributed by atoms with Crippen LogP contribution in [0.3, 0.4) is 0 Å². The van der Waals surface area contributed by atoms with Crippen molar-refractivity contribution < 1.29 is 27.2 Å². The van der Waals surface area contributed by atoms with Crippen LogP contribution in [-0.2, 0) is 21.4 Å². The second-order valence-corrected chi connectivity index (χ2v) is 8.87. The average Bonchev–Trinajstić information content (AvgIpc) is 3.30. The van der Waals surface area contributed by atoms with Crippen molar-refractivity contribution in [3.63, 3.8) is 0 Å². The molecule has 0 unspecified atom stereocenters. The lowest BCUT2D eigenvalue weighted by molar-refractivity contribution is -0.116. The Morgan fingerprint density at radius 3 is 2.44 bits per heavy atom. The van der Waals surface area contributed by atoms with E-state index in [0.717, 1.165) is 5.56 Å². The summed E-state index contributed by atoms with van der Waals surface area (Å²) in [4.78, 5) is 24.8. The van der Waals surface area contributed by atoms with E-state index >= 15 is 0 Å². The predicted octanol–water partition coefficient (Wildman–Crippen LogP) is 3.68. The maximum Gasteiger partial charge on any atom is 0.240 e. The maximum atomic E-state index is 12.5. The average molecular weight is 457 g/mol. The Morgan fingerprint density at radius 1 is 1.03 bits per heavy atom. The quantitative estimate of drug-likeness (QED) is 0.450. The van der Waals surface area contributed by atoms with Gasteiger partial charge in [0.2, 0.25) is 15.9 Å². The third-order valence-corrected chi connectivity index (χ3v) is 6.12. The van der Waals surface area contributed by atoms with E-state index in [0.29, 0.717) is 22.8 Å². The van der Waals surface area contributed by atoms with E-state index in [2.05, 4.69) is 10.0 Å². The molecule has 0 radical (unpaired) electrons. The van der Waals surface area contributed by atoms with Crippen LogP contribution in [0.15, 0.2) is 70.2 Å². The Bertz CT molecular complexity index is 1190. The highest BCUT2D eigenvalue weighted by Gasteiger charge is 2.16. The van der Waals surface area contributed by atoms with Crippen LogP contribution < -0.4 is 14.8 Å². The van der Waals surface area contributed by atoms with Crippen LogP contribution in [0.2, 0.25) is 0 Å². The molecule has 2 N–H and O–H groups in total. The molecule has 3 aromatic rings. The minimum absolute atomic E-state index is 0.0132. The Labute approximate surface area is 186 Å². The molecule has 9 heteroatoms. The van der Waals surface area contributed by atoms with E-state index in [4.69, 9.17) is 9.15 Å². The van der Waals surface area contributed by atoms with Gasteiger partial charge in [-0.15, -0.1) is 0 Å². The van der Waals surface area contributed by atoms with Crippen molar-refractivity contribution in [3.05, 3.63) is 77.7 Å².